The molecule has 0 saturated heterocycles. The highest BCUT2D eigenvalue weighted by atomic mass is 15.0. The second kappa shape index (κ2) is 5.53. The second-order valence-electron chi connectivity index (χ2n) is 4.01. The quantitative estimate of drug-likeness (QED) is 0.796. The average Bonchev–Trinajstić information content (AvgIpc) is 2.36. The predicted octanol–water partition coefficient (Wildman–Crippen LogP) is 2.49. The maximum atomic E-state index is 8.83. The zero-order chi connectivity index (χ0) is 12.0. The normalized spacial score (nSPS) is 10.9. The van der Waals surface area contributed by atoms with Crippen molar-refractivity contribution in [1.29, 1.82) is 5.26 Å². The van der Waals surface area contributed by atoms with E-state index >= 15 is 0 Å². The fraction of sp³-hybridized carbons (Fsp3) is 0.462. The third kappa shape index (κ3) is 2.74. The smallest absolute Gasteiger partial charge is 0.0992 e. The van der Waals surface area contributed by atoms with Crippen LogP contribution in [0.5, 0.6) is 0 Å². The molecule has 0 spiro atoms. The van der Waals surface area contributed by atoms with Crippen molar-refractivity contribution in [3.05, 3.63) is 29.8 Å². The third-order valence-corrected chi connectivity index (χ3v) is 3.15. The van der Waals surface area contributed by atoms with E-state index in [0.717, 1.165) is 18.5 Å². The summed E-state index contributed by atoms with van der Waals surface area (Å²) in [6.45, 7) is 4.84. The molecule has 0 aliphatic rings. The van der Waals surface area contributed by atoms with E-state index in [1.54, 1.807) is 6.07 Å². The molecule has 0 aliphatic heterocycles. The summed E-state index contributed by atoms with van der Waals surface area (Å²) in [4.78, 5) is 0. The van der Waals surface area contributed by atoms with E-state index in [9.17, 15) is 0 Å². The Morgan fingerprint density at radius 3 is 2.56 bits per heavy atom. The standard InChI is InChI=1S/C13H19N3/c1-3-13(4-2,10-15)16-12-7-5-6-11(8-12)9-14/h5-8,16H,3-4,10,15H2,1-2H3. The van der Waals surface area contributed by atoms with Gasteiger partial charge in [0, 0.05) is 17.8 Å². The van der Waals surface area contributed by atoms with E-state index in [-0.39, 0.29) is 5.54 Å². The van der Waals surface area contributed by atoms with Crippen LogP contribution in [-0.2, 0) is 0 Å². The van der Waals surface area contributed by atoms with Crippen molar-refractivity contribution in [2.24, 2.45) is 5.73 Å². The van der Waals surface area contributed by atoms with Crippen LogP contribution < -0.4 is 11.1 Å². The maximum Gasteiger partial charge on any atom is 0.0992 e. The number of nitriles is 1. The molecule has 86 valence electrons. The SMILES string of the molecule is CCC(CC)(CN)Nc1cccc(C#N)c1. The first-order valence-corrected chi connectivity index (χ1v) is 5.68. The molecule has 0 atom stereocenters. The van der Waals surface area contributed by atoms with Gasteiger partial charge in [0.1, 0.15) is 0 Å². The van der Waals surface area contributed by atoms with Crippen molar-refractivity contribution in [1.82, 2.24) is 0 Å². The van der Waals surface area contributed by atoms with E-state index in [2.05, 4.69) is 25.2 Å². The van der Waals surface area contributed by atoms with Crippen LogP contribution in [-0.4, -0.2) is 12.1 Å². The molecule has 0 aromatic heterocycles. The summed E-state index contributed by atoms with van der Waals surface area (Å²) < 4.78 is 0. The van der Waals surface area contributed by atoms with Gasteiger partial charge >= 0.3 is 0 Å². The second-order valence-corrected chi connectivity index (χ2v) is 4.01. The van der Waals surface area contributed by atoms with Gasteiger partial charge in [0.05, 0.1) is 11.6 Å². The van der Waals surface area contributed by atoms with Crippen molar-refractivity contribution < 1.29 is 0 Å². The van der Waals surface area contributed by atoms with Gasteiger partial charge in [0.2, 0.25) is 0 Å². The first-order valence-electron chi connectivity index (χ1n) is 5.68. The van der Waals surface area contributed by atoms with Crippen LogP contribution in [0, 0.1) is 11.3 Å². The monoisotopic (exact) mass is 217 g/mol. The van der Waals surface area contributed by atoms with E-state index in [4.69, 9.17) is 11.0 Å². The van der Waals surface area contributed by atoms with E-state index in [1.165, 1.54) is 0 Å². The van der Waals surface area contributed by atoms with Gasteiger partial charge in [-0.3, -0.25) is 0 Å². The van der Waals surface area contributed by atoms with Crippen molar-refractivity contribution >= 4 is 5.69 Å². The Bertz CT molecular complexity index is 367. The predicted molar refractivity (Wildman–Crippen MR) is 67.1 cm³/mol. The Morgan fingerprint density at radius 2 is 2.06 bits per heavy atom. The molecule has 3 heteroatoms. The highest BCUT2D eigenvalue weighted by molar-refractivity contribution is 5.50. The largest absolute Gasteiger partial charge is 0.378 e. The lowest BCUT2D eigenvalue weighted by molar-refractivity contribution is 0.445. The summed E-state index contributed by atoms with van der Waals surface area (Å²) in [7, 11) is 0. The lowest BCUT2D eigenvalue weighted by Crippen LogP contribution is -2.44. The number of anilines is 1. The maximum absolute atomic E-state index is 8.83. The van der Waals surface area contributed by atoms with Gasteiger partial charge in [0.15, 0.2) is 0 Å². The summed E-state index contributed by atoms with van der Waals surface area (Å²) in [5.74, 6) is 0. The topological polar surface area (TPSA) is 61.8 Å². The van der Waals surface area contributed by atoms with Crippen molar-refractivity contribution in [3.8, 4) is 6.07 Å². The number of nitrogens with two attached hydrogens (primary N) is 1. The van der Waals surface area contributed by atoms with E-state index < -0.39 is 0 Å². The summed E-state index contributed by atoms with van der Waals surface area (Å²) in [5.41, 5.74) is 7.39. The molecule has 0 aliphatic carbocycles. The van der Waals surface area contributed by atoms with E-state index in [0.29, 0.717) is 12.1 Å². The number of rotatable bonds is 5. The van der Waals surface area contributed by atoms with Crippen LogP contribution in [0.3, 0.4) is 0 Å². The summed E-state index contributed by atoms with van der Waals surface area (Å²) in [5, 5.41) is 12.3. The minimum atomic E-state index is -0.0614. The van der Waals surface area contributed by atoms with Crippen LogP contribution in [0.15, 0.2) is 24.3 Å². The first kappa shape index (κ1) is 12.5. The van der Waals surface area contributed by atoms with Crippen molar-refractivity contribution in [2.75, 3.05) is 11.9 Å². The molecule has 3 nitrogen and oxygen atoms in total. The summed E-state index contributed by atoms with van der Waals surface area (Å²) in [6.07, 6.45) is 1.94. The van der Waals surface area contributed by atoms with Crippen LogP contribution in [0.1, 0.15) is 32.3 Å². The highest BCUT2D eigenvalue weighted by Gasteiger charge is 2.23. The molecule has 0 unspecified atom stereocenters. The minimum Gasteiger partial charge on any atom is -0.378 e. The van der Waals surface area contributed by atoms with Gasteiger partial charge in [-0.2, -0.15) is 5.26 Å². The molecule has 0 fully saturated rings. The molecule has 16 heavy (non-hydrogen) atoms. The van der Waals surface area contributed by atoms with Crippen molar-refractivity contribution in [3.63, 3.8) is 0 Å². The zero-order valence-electron chi connectivity index (χ0n) is 9.96. The van der Waals surface area contributed by atoms with Crippen LogP contribution >= 0.6 is 0 Å². The minimum absolute atomic E-state index is 0.0614. The number of hydrogen-bond acceptors (Lipinski definition) is 3. The molecule has 1 rings (SSSR count). The number of hydrogen-bond donors (Lipinski definition) is 2. The Labute approximate surface area is 97.3 Å². The van der Waals surface area contributed by atoms with Crippen LogP contribution in [0.25, 0.3) is 0 Å². The first-order chi connectivity index (χ1) is 7.69. The summed E-state index contributed by atoms with van der Waals surface area (Å²) >= 11 is 0. The Balaban J connectivity index is 2.90. The van der Waals surface area contributed by atoms with Crippen LogP contribution in [0.4, 0.5) is 5.69 Å². The Hall–Kier alpha value is -1.53. The number of nitrogens with one attached hydrogen (secondary N) is 1. The molecule has 1 aromatic carbocycles. The van der Waals surface area contributed by atoms with Gasteiger partial charge < -0.3 is 11.1 Å². The molecular weight excluding hydrogens is 198 g/mol. The lowest BCUT2D eigenvalue weighted by atomic mass is 9.92. The lowest BCUT2D eigenvalue weighted by Gasteiger charge is -2.32. The van der Waals surface area contributed by atoms with Gasteiger partial charge in [-0.1, -0.05) is 19.9 Å². The highest BCUT2D eigenvalue weighted by Crippen LogP contribution is 2.21. The van der Waals surface area contributed by atoms with Crippen molar-refractivity contribution in [2.45, 2.75) is 32.2 Å². The fourth-order valence-corrected chi connectivity index (χ4v) is 1.74. The van der Waals surface area contributed by atoms with Gasteiger partial charge in [-0.15, -0.1) is 0 Å². The Kier molecular flexibility index (Phi) is 4.33. The zero-order valence-corrected chi connectivity index (χ0v) is 9.96. The van der Waals surface area contributed by atoms with Gasteiger partial charge in [0.25, 0.3) is 0 Å². The number of nitrogens with zero attached hydrogens (tertiary/aromatic N) is 1. The molecule has 1 aromatic rings. The Morgan fingerprint density at radius 1 is 1.38 bits per heavy atom. The molecule has 0 saturated carbocycles. The molecule has 3 N–H and O–H groups in total. The summed E-state index contributed by atoms with van der Waals surface area (Å²) in [6, 6.07) is 9.64. The molecule has 0 radical (unpaired) electrons. The molecule has 0 bridgehead atoms. The fourth-order valence-electron chi connectivity index (χ4n) is 1.74. The average molecular weight is 217 g/mol. The van der Waals surface area contributed by atoms with E-state index in [1.807, 2.05) is 18.2 Å². The van der Waals surface area contributed by atoms with Gasteiger partial charge in [-0.05, 0) is 31.0 Å². The molecular formula is C13H19N3. The number of benzene rings is 1. The third-order valence-electron chi connectivity index (χ3n) is 3.15. The molecule has 0 amide bonds. The van der Waals surface area contributed by atoms with Crippen LogP contribution in [0.2, 0.25) is 0 Å². The molecule has 0 heterocycles. The van der Waals surface area contributed by atoms with Gasteiger partial charge in [-0.25, -0.2) is 0 Å².